The third kappa shape index (κ3) is 3.67. The molecule has 0 bridgehead atoms. The van der Waals surface area contributed by atoms with E-state index in [9.17, 15) is 0 Å². The lowest BCUT2D eigenvalue weighted by Gasteiger charge is -2.19. The number of thiophene rings is 1. The molecule has 1 N–H and O–H groups in total. The molecule has 1 heterocycles. The van der Waals surface area contributed by atoms with Gasteiger partial charge < -0.3 is 5.32 Å². The van der Waals surface area contributed by atoms with Crippen molar-refractivity contribution >= 4 is 22.9 Å². The van der Waals surface area contributed by atoms with Gasteiger partial charge in [0.2, 0.25) is 0 Å². The van der Waals surface area contributed by atoms with Crippen LogP contribution in [0.1, 0.15) is 18.7 Å². The quantitative estimate of drug-likeness (QED) is 0.748. The van der Waals surface area contributed by atoms with Crippen LogP contribution in [0.15, 0.2) is 17.5 Å². The minimum atomic E-state index is 0.420. The predicted molar refractivity (Wildman–Crippen MR) is 60.5 cm³/mol. The molecule has 1 unspecified atom stereocenters. The van der Waals surface area contributed by atoms with Crippen molar-refractivity contribution in [2.75, 3.05) is 5.88 Å². The van der Waals surface area contributed by atoms with Crippen molar-refractivity contribution in [3.05, 3.63) is 22.4 Å². The zero-order valence-electron chi connectivity index (χ0n) is 8.09. The molecule has 0 saturated heterocycles. The minimum Gasteiger partial charge on any atom is -0.308 e. The highest BCUT2D eigenvalue weighted by Crippen LogP contribution is 2.10. The summed E-state index contributed by atoms with van der Waals surface area (Å²) >= 11 is 7.63. The molecule has 0 spiro atoms. The lowest BCUT2D eigenvalue weighted by atomic mass is 10.1. The van der Waals surface area contributed by atoms with Crippen LogP contribution in [0.3, 0.4) is 0 Å². The van der Waals surface area contributed by atoms with E-state index in [1.54, 1.807) is 11.3 Å². The maximum atomic E-state index is 5.84. The Balaban J connectivity index is 2.32. The van der Waals surface area contributed by atoms with E-state index in [1.807, 2.05) is 0 Å². The van der Waals surface area contributed by atoms with Crippen LogP contribution in [0.25, 0.3) is 0 Å². The van der Waals surface area contributed by atoms with Crippen molar-refractivity contribution in [1.82, 2.24) is 5.32 Å². The van der Waals surface area contributed by atoms with Crippen molar-refractivity contribution in [2.24, 2.45) is 5.92 Å². The van der Waals surface area contributed by atoms with Gasteiger partial charge in [-0.15, -0.1) is 22.9 Å². The van der Waals surface area contributed by atoms with Crippen LogP contribution < -0.4 is 5.32 Å². The smallest absolute Gasteiger partial charge is 0.0380 e. The van der Waals surface area contributed by atoms with Crippen LogP contribution in [0.5, 0.6) is 0 Å². The van der Waals surface area contributed by atoms with Crippen molar-refractivity contribution in [1.29, 1.82) is 0 Å². The van der Waals surface area contributed by atoms with Gasteiger partial charge in [0.15, 0.2) is 0 Å². The second-order valence-electron chi connectivity index (χ2n) is 3.47. The molecule has 0 aliphatic carbocycles. The second-order valence-corrected chi connectivity index (χ2v) is 4.81. The van der Waals surface area contributed by atoms with Gasteiger partial charge in [0.25, 0.3) is 0 Å². The number of hydrogen-bond donors (Lipinski definition) is 1. The van der Waals surface area contributed by atoms with Gasteiger partial charge in [0.1, 0.15) is 0 Å². The molecular formula is C10H16ClNS. The lowest BCUT2D eigenvalue weighted by Crippen LogP contribution is -2.34. The summed E-state index contributed by atoms with van der Waals surface area (Å²) in [5.41, 5.74) is 0. The summed E-state index contributed by atoms with van der Waals surface area (Å²) in [5, 5.41) is 5.55. The van der Waals surface area contributed by atoms with Gasteiger partial charge in [0.05, 0.1) is 0 Å². The Kier molecular flexibility index (Phi) is 4.78. The van der Waals surface area contributed by atoms with Gasteiger partial charge in [0, 0.05) is 23.3 Å². The van der Waals surface area contributed by atoms with Gasteiger partial charge >= 0.3 is 0 Å². The molecule has 1 atom stereocenters. The molecule has 74 valence electrons. The van der Waals surface area contributed by atoms with Gasteiger partial charge in [-0.2, -0.15) is 0 Å². The van der Waals surface area contributed by atoms with Crippen LogP contribution in [-0.2, 0) is 6.54 Å². The van der Waals surface area contributed by atoms with Crippen LogP contribution in [0.4, 0.5) is 0 Å². The van der Waals surface area contributed by atoms with E-state index in [-0.39, 0.29) is 0 Å². The first-order chi connectivity index (χ1) is 6.24. The van der Waals surface area contributed by atoms with Crippen molar-refractivity contribution in [3.8, 4) is 0 Å². The largest absolute Gasteiger partial charge is 0.308 e. The summed E-state index contributed by atoms with van der Waals surface area (Å²) in [6.45, 7) is 5.32. The molecule has 0 aromatic carbocycles. The summed E-state index contributed by atoms with van der Waals surface area (Å²) in [5.74, 6) is 1.28. The first-order valence-electron chi connectivity index (χ1n) is 4.55. The monoisotopic (exact) mass is 217 g/mol. The van der Waals surface area contributed by atoms with Crippen LogP contribution in [-0.4, -0.2) is 11.9 Å². The number of nitrogens with one attached hydrogen (secondary N) is 1. The van der Waals surface area contributed by atoms with Crippen LogP contribution in [0, 0.1) is 5.92 Å². The van der Waals surface area contributed by atoms with E-state index >= 15 is 0 Å². The molecule has 0 amide bonds. The summed E-state index contributed by atoms with van der Waals surface area (Å²) in [6.07, 6.45) is 0. The van der Waals surface area contributed by atoms with Gasteiger partial charge in [-0.05, 0) is 17.4 Å². The maximum absolute atomic E-state index is 5.84. The molecule has 1 rings (SSSR count). The van der Waals surface area contributed by atoms with Gasteiger partial charge in [-0.3, -0.25) is 0 Å². The maximum Gasteiger partial charge on any atom is 0.0380 e. The fourth-order valence-corrected chi connectivity index (χ4v) is 2.23. The highest BCUT2D eigenvalue weighted by molar-refractivity contribution is 7.09. The summed E-state index contributed by atoms with van der Waals surface area (Å²) in [4.78, 5) is 1.37. The highest BCUT2D eigenvalue weighted by atomic mass is 35.5. The van der Waals surface area contributed by atoms with Crippen LogP contribution >= 0.6 is 22.9 Å². The molecule has 1 aromatic heterocycles. The molecule has 1 nitrogen and oxygen atoms in total. The van der Waals surface area contributed by atoms with E-state index in [0.717, 1.165) is 6.54 Å². The minimum absolute atomic E-state index is 0.420. The normalized spacial score (nSPS) is 13.5. The van der Waals surface area contributed by atoms with Crippen molar-refractivity contribution < 1.29 is 0 Å². The Hall–Kier alpha value is -0.0500. The van der Waals surface area contributed by atoms with Gasteiger partial charge in [-0.25, -0.2) is 0 Å². The molecular weight excluding hydrogens is 202 g/mol. The summed E-state index contributed by atoms with van der Waals surface area (Å²) in [7, 11) is 0. The second kappa shape index (κ2) is 5.63. The molecule has 13 heavy (non-hydrogen) atoms. The molecule has 0 saturated carbocycles. The van der Waals surface area contributed by atoms with Crippen molar-refractivity contribution in [2.45, 2.75) is 26.4 Å². The Labute approximate surface area is 89.1 Å². The van der Waals surface area contributed by atoms with Crippen molar-refractivity contribution in [3.63, 3.8) is 0 Å². The topological polar surface area (TPSA) is 12.0 Å². The van der Waals surface area contributed by atoms with E-state index in [0.29, 0.717) is 17.8 Å². The predicted octanol–water partition coefficient (Wildman–Crippen LogP) is 3.10. The van der Waals surface area contributed by atoms with Crippen LogP contribution in [0.2, 0.25) is 0 Å². The Morgan fingerprint density at radius 1 is 1.54 bits per heavy atom. The molecule has 0 fully saturated rings. The average molecular weight is 218 g/mol. The fraction of sp³-hybridized carbons (Fsp3) is 0.600. The number of hydrogen-bond acceptors (Lipinski definition) is 2. The third-order valence-corrected chi connectivity index (χ3v) is 3.30. The molecule has 0 aliphatic heterocycles. The third-order valence-electron chi connectivity index (χ3n) is 2.09. The number of rotatable bonds is 5. The summed E-state index contributed by atoms with van der Waals surface area (Å²) < 4.78 is 0. The standard InChI is InChI=1S/C10H16ClNS/c1-8(2)10(6-11)12-7-9-4-3-5-13-9/h3-5,8,10,12H,6-7H2,1-2H3. The zero-order chi connectivity index (χ0) is 9.68. The molecule has 0 aliphatic rings. The Bertz CT molecular complexity index is 221. The lowest BCUT2D eigenvalue weighted by molar-refractivity contribution is 0.432. The number of halogens is 1. The zero-order valence-corrected chi connectivity index (χ0v) is 9.66. The first kappa shape index (κ1) is 11.0. The van der Waals surface area contributed by atoms with E-state index in [4.69, 9.17) is 11.6 Å². The van der Waals surface area contributed by atoms with E-state index < -0.39 is 0 Å². The van der Waals surface area contributed by atoms with E-state index in [1.165, 1.54) is 4.88 Å². The Morgan fingerprint density at radius 2 is 2.31 bits per heavy atom. The Morgan fingerprint density at radius 3 is 2.77 bits per heavy atom. The van der Waals surface area contributed by atoms with E-state index in [2.05, 4.69) is 36.7 Å². The summed E-state index contributed by atoms with van der Waals surface area (Å²) in [6, 6.07) is 4.64. The molecule has 1 aromatic rings. The SMILES string of the molecule is CC(C)C(CCl)NCc1cccs1. The number of alkyl halides is 1. The first-order valence-corrected chi connectivity index (χ1v) is 5.97. The average Bonchev–Trinajstić information content (AvgIpc) is 2.57. The molecule has 3 heteroatoms. The molecule has 0 radical (unpaired) electrons. The van der Waals surface area contributed by atoms with Gasteiger partial charge in [-0.1, -0.05) is 19.9 Å². The highest BCUT2D eigenvalue weighted by Gasteiger charge is 2.10. The fourth-order valence-electron chi connectivity index (χ4n) is 1.11.